The fourth-order valence-corrected chi connectivity index (χ4v) is 4.03. The van der Waals surface area contributed by atoms with Crippen LogP contribution in [0.5, 0.6) is 0 Å². The third kappa shape index (κ3) is 4.66. The van der Waals surface area contributed by atoms with E-state index in [1.54, 1.807) is 6.26 Å². The van der Waals surface area contributed by atoms with E-state index in [4.69, 9.17) is 9.15 Å². The quantitative estimate of drug-likeness (QED) is 0.651. The van der Waals surface area contributed by atoms with Crippen LogP contribution in [0.4, 0.5) is 0 Å². The number of furan rings is 1. The van der Waals surface area contributed by atoms with Gasteiger partial charge in [0.1, 0.15) is 5.76 Å². The molecule has 6 nitrogen and oxygen atoms in total. The SMILES string of the molecule is Cc1cc(C(=O)NC(CN2CCOCC2)c2ccccc2)c(C)n1Cc1ccco1. The number of ether oxygens (including phenoxy) is 1. The van der Waals surface area contributed by atoms with Crippen LogP contribution >= 0.6 is 0 Å². The van der Waals surface area contributed by atoms with Crippen LogP contribution < -0.4 is 5.32 Å². The summed E-state index contributed by atoms with van der Waals surface area (Å²) >= 11 is 0. The largest absolute Gasteiger partial charge is 0.467 e. The first-order valence-electron chi connectivity index (χ1n) is 10.5. The van der Waals surface area contributed by atoms with Gasteiger partial charge in [0, 0.05) is 31.0 Å². The van der Waals surface area contributed by atoms with Crippen molar-refractivity contribution in [3.8, 4) is 0 Å². The maximum Gasteiger partial charge on any atom is 0.253 e. The van der Waals surface area contributed by atoms with Crippen LogP contribution in [0.2, 0.25) is 0 Å². The first-order chi connectivity index (χ1) is 14.6. The number of carbonyl (C=O) groups is 1. The molecule has 2 aromatic heterocycles. The van der Waals surface area contributed by atoms with Crippen molar-refractivity contribution in [2.45, 2.75) is 26.4 Å². The minimum absolute atomic E-state index is 0.0455. The summed E-state index contributed by atoms with van der Waals surface area (Å²) in [5, 5.41) is 3.28. The fraction of sp³-hybridized carbons (Fsp3) is 0.375. The van der Waals surface area contributed by atoms with Crippen molar-refractivity contribution in [2.75, 3.05) is 32.8 Å². The molecule has 1 fully saturated rings. The van der Waals surface area contributed by atoms with E-state index in [9.17, 15) is 4.79 Å². The normalized spacial score (nSPS) is 15.8. The minimum atomic E-state index is -0.0788. The van der Waals surface area contributed by atoms with Gasteiger partial charge in [-0.25, -0.2) is 0 Å². The third-order valence-electron chi connectivity index (χ3n) is 5.76. The van der Waals surface area contributed by atoms with Crippen LogP contribution in [-0.4, -0.2) is 48.2 Å². The molecule has 6 heteroatoms. The van der Waals surface area contributed by atoms with Crippen LogP contribution in [-0.2, 0) is 11.3 Å². The molecule has 1 aliphatic rings. The Bertz CT molecular complexity index is 957. The molecule has 1 atom stereocenters. The Morgan fingerprint density at radius 2 is 1.87 bits per heavy atom. The van der Waals surface area contributed by atoms with E-state index in [2.05, 4.69) is 26.9 Å². The van der Waals surface area contributed by atoms with E-state index >= 15 is 0 Å². The zero-order chi connectivity index (χ0) is 20.9. The predicted octanol–water partition coefficient (Wildman–Crippen LogP) is 3.55. The summed E-state index contributed by atoms with van der Waals surface area (Å²) in [4.78, 5) is 15.6. The Hall–Kier alpha value is -2.83. The van der Waals surface area contributed by atoms with Gasteiger partial charge in [-0.15, -0.1) is 0 Å². The smallest absolute Gasteiger partial charge is 0.253 e. The first kappa shape index (κ1) is 20.4. The molecule has 30 heavy (non-hydrogen) atoms. The molecule has 1 amide bonds. The van der Waals surface area contributed by atoms with Crippen molar-refractivity contribution >= 4 is 5.91 Å². The highest BCUT2D eigenvalue weighted by molar-refractivity contribution is 5.96. The summed E-state index contributed by atoms with van der Waals surface area (Å²) in [6.45, 7) is 8.65. The van der Waals surface area contributed by atoms with Crippen molar-refractivity contribution in [3.05, 3.63) is 83.1 Å². The maximum atomic E-state index is 13.3. The Labute approximate surface area is 177 Å². The van der Waals surface area contributed by atoms with Crippen LogP contribution in [0.1, 0.15) is 39.1 Å². The number of benzene rings is 1. The lowest BCUT2D eigenvalue weighted by Crippen LogP contribution is -2.43. The molecule has 1 unspecified atom stereocenters. The van der Waals surface area contributed by atoms with E-state index in [1.165, 1.54) is 0 Å². The lowest BCUT2D eigenvalue weighted by molar-refractivity contribution is 0.0332. The lowest BCUT2D eigenvalue weighted by Gasteiger charge is -2.31. The molecule has 1 N–H and O–H groups in total. The summed E-state index contributed by atoms with van der Waals surface area (Å²) in [5.41, 5.74) is 3.81. The predicted molar refractivity (Wildman–Crippen MR) is 116 cm³/mol. The van der Waals surface area contributed by atoms with Crippen LogP contribution in [0, 0.1) is 13.8 Å². The minimum Gasteiger partial charge on any atom is -0.467 e. The summed E-state index contributed by atoms with van der Waals surface area (Å²) < 4.78 is 13.1. The molecule has 0 aliphatic carbocycles. The molecule has 1 aliphatic heterocycles. The number of nitrogens with zero attached hydrogens (tertiary/aromatic N) is 2. The van der Waals surface area contributed by atoms with Crippen molar-refractivity contribution in [2.24, 2.45) is 0 Å². The van der Waals surface area contributed by atoms with Gasteiger partial charge >= 0.3 is 0 Å². The summed E-state index contributed by atoms with van der Waals surface area (Å²) in [6, 6.07) is 15.9. The van der Waals surface area contributed by atoms with Crippen LogP contribution in [0.3, 0.4) is 0 Å². The number of morpholine rings is 1. The summed E-state index contributed by atoms with van der Waals surface area (Å²) in [5.74, 6) is 0.828. The van der Waals surface area contributed by atoms with Gasteiger partial charge in [-0.05, 0) is 37.6 Å². The van der Waals surface area contributed by atoms with Gasteiger partial charge in [0.25, 0.3) is 5.91 Å². The van der Waals surface area contributed by atoms with Crippen molar-refractivity contribution < 1.29 is 13.9 Å². The lowest BCUT2D eigenvalue weighted by atomic mass is 10.1. The molecular weight excluding hydrogens is 378 g/mol. The van der Waals surface area contributed by atoms with Gasteiger partial charge in [-0.1, -0.05) is 30.3 Å². The topological polar surface area (TPSA) is 59.6 Å². The Balaban J connectivity index is 1.53. The average molecular weight is 408 g/mol. The Morgan fingerprint density at radius 3 is 2.57 bits per heavy atom. The molecule has 1 aromatic carbocycles. The number of aryl methyl sites for hydroxylation is 1. The number of carbonyl (C=O) groups excluding carboxylic acids is 1. The third-order valence-corrected chi connectivity index (χ3v) is 5.76. The second-order valence-electron chi connectivity index (χ2n) is 7.80. The van der Waals surface area contributed by atoms with Gasteiger partial charge in [0.15, 0.2) is 0 Å². The van der Waals surface area contributed by atoms with Gasteiger partial charge < -0.3 is 19.0 Å². The summed E-state index contributed by atoms with van der Waals surface area (Å²) in [7, 11) is 0. The van der Waals surface area contributed by atoms with Gasteiger partial charge in [0.2, 0.25) is 0 Å². The van der Waals surface area contributed by atoms with Crippen molar-refractivity contribution in [3.63, 3.8) is 0 Å². The molecular formula is C24H29N3O3. The Morgan fingerprint density at radius 1 is 1.10 bits per heavy atom. The highest BCUT2D eigenvalue weighted by Crippen LogP contribution is 2.20. The van der Waals surface area contributed by atoms with Gasteiger partial charge in [-0.3, -0.25) is 9.69 Å². The fourth-order valence-electron chi connectivity index (χ4n) is 4.03. The molecule has 4 rings (SSSR count). The molecule has 0 saturated carbocycles. The number of hydrogen-bond acceptors (Lipinski definition) is 4. The van der Waals surface area contributed by atoms with Gasteiger partial charge in [-0.2, -0.15) is 0 Å². The second kappa shape index (κ2) is 9.32. The molecule has 158 valence electrons. The van der Waals surface area contributed by atoms with Crippen LogP contribution in [0.15, 0.2) is 59.2 Å². The number of rotatable bonds is 7. The zero-order valence-corrected chi connectivity index (χ0v) is 17.6. The molecule has 0 radical (unpaired) electrons. The van der Waals surface area contributed by atoms with E-state index in [-0.39, 0.29) is 11.9 Å². The summed E-state index contributed by atoms with van der Waals surface area (Å²) in [6.07, 6.45) is 1.67. The van der Waals surface area contributed by atoms with Gasteiger partial charge in [0.05, 0.1) is 37.6 Å². The highest BCUT2D eigenvalue weighted by atomic mass is 16.5. The molecule has 1 saturated heterocycles. The van der Waals surface area contributed by atoms with Crippen molar-refractivity contribution in [1.29, 1.82) is 0 Å². The van der Waals surface area contributed by atoms with E-state index in [0.29, 0.717) is 12.1 Å². The Kier molecular flexibility index (Phi) is 6.35. The molecule has 3 aromatic rings. The van der Waals surface area contributed by atoms with Crippen LogP contribution in [0.25, 0.3) is 0 Å². The number of nitrogens with one attached hydrogen (secondary N) is 1. The number of amides is 1. The van der Waals surface area contributed by atoms with E-state index in [1.807, 2.05) is 50.2 Å². The second-order valence-corrected chi connectivity index (χ2v) is 7.80. The monoisotopic (exact) mass is 407 g/mol. The molecule has 0 spiro atoms. The number of hydrogen-bond donors (Lipinski definition) is 1. The molecule has 0 bridgehead atoms. The highest BCUT2D eigenvalue weighted by Gasteiger charge is 2.23. The van der Waals surface area contributed by atoms with E-state index < -0.39 is 0 Å². The maximum absolute atomic E-state index is 13.3. The zero-order valence-electron chi connectivity index (χ0n) is 17.6. The molecule has 3 heterocycles. The first-order valence-corrected chi connectivity index (χ1v) is 10.5. The van der Waals surface area contributed by atoms with Crippen molar-refractivity contribution in [1.82, 2.24) is 14.8 Å². The standard InChI is InChI=1S/C24H29N3O3/c1-18-15-22(19(2)27(18)16-21-9-6-12-30-21)24(28)25-23(20-7-4-3-5-8-20)17-26-10-13-29-14-11-26/h3-9,12,15,23H,10-11,13-14,16-17H2,1-2H3,(H,25,28). The number of aromatic nitrogens is 1. The average Bonchev–Trinajstić information content (AvgIpc) is 3.38. The van der Waals surface area contributed by atoms with E-state index in [0.717, 1.165) is 55.6 Å².